The molecule has 5 aromatic rings. The number of nitrogens with zero attached hydrogens (tertiary/aromatic N) is 5. The molecule has 0 atom stereocenters. The highest BCUT2D eigenvalue weighted by atomic mass is 35.5. The van der Waals surface area contributed by atoms with Crippen LogP contribution in [0.4, 0.5) is 23.0 Å². The van der Waals surface area contributed by atoms with E-state index in [0.717, 1.165) is 12.1 Å². The van der Waals surface area contributed by atoms with Gasteiger partial charge in [0.2, 0.25) is 22.6 Å². The fraction of sp³-hybridized carbons (Fsp3) is 0.0333. The van der Waals surface area contributed by atoms with Gasteiger partial charge in [-0.25, -0.2) is 4.99 Å². The summed E-state index contributed by atoms with van der Waals surface area (Å²) in [6.45, 7) is 0. The Hall–Kier alpha value is -5.35. The molecule has 6 rings (SSSR count). The molecule has 0 bridgehead atoms. The van der Waals surface area contributed by atoms with Gasteiger partial charge >= 0.3 is 0 Å². The highest BCUT2D eigenvalue weighted by Crippen LogP contribution is 2.36. The largest absolute Gasteiger partial charge is 0.315 e. The molecule has 0 unspecified atom stereocenters. The number of Topliss-reactive ketones (excluding diaryl/α,β-unsaturated/α-hetero) is 1. The zero-order valence-electron chi connectivity index (χ0n) is 25.6. The van der Waals surface area contributed by atoms with Crippen LogP contribution in [0.15, 0.2) is 104 Å². The molecule has 262 valence electrons. The third-order valence-corrected chi connectivity index (χ3v) is 10.2. The van der Waals surface area contributed by atoms with Crippen molar-refractivity contribution in [1.29, 1.82) is 0 Å². The van der Waals surface area contributed by atoms with Crippen LogP contribution in [-0.4, -0.2) is 72.4 Å². The zero-order chi connectivity index (χ0) is 36.9. The molecule has 1 heterocycles. The molecule has 0 amide bonds. The first-order valence-electron chi connectivity index (χ1n) is 14.1. The number of aromatic amines is 1. The minimum Gasteiger partial charge on any atom is -0.315 e. The molecule has 1 aliphatic carbocycles. The van der Waals surface area contributed by atoms with Gasteiger partial charge in [0, 0.05) is 18.1 Å². The van der Waals surface area contributed by atoms with Gasteiger partial charge in [0.15, 0.2) is 5.71 Å². The summed E-state index contributed by atoms with van der Waals surface area (Å²) in [6.07, 6.45) is 0.704. The first kappa shape index (κ1) is 35.5. The predicted molar refractivity (Wildman–Crippen MR) is 186 cm³/mol. The van der Waals surface area contributed by atoms with Crippen molar-refractivity contribution in [3.05, 3.63) is 106 Å². The molecule has 5 N–H and O–H groups in total. The molecule has 0 fully saturated rings. The number of ketones is 1. The van der Waals surface area contributed by atoms with E-state index in [-0.39, 0.29) is 27.9 Å². The molecule has 0 saturated carbocycles. The van der Waals surface area contributed by atoms with Crippen molar-refractivity contribution < 1.29 is 43.7 Å². The van der Waals surface area contributed by atoms with Crippen LogP contribution < -0.4 is 15.9 Å². The maximum absolute atomic E-state index is 14.1. The lowest BCUT2D eigenvalue weighted by molar-refractivity contribution is 0.106. The fourth-order valence-corrected chi connectivity index (χ4v) is 7.35. The lowest BCUT2D eigenvalue weighted by atomic mass is 9.93. The number of carbonyl (C=O) groups is 1. The number of carbonyl (C=O) groups excluding carboxylic acids is 1. The van der Waals surface area contributed by atoms with E-state index in [2.05, 4.69) is 30.5 Å². The Labute approximate surface area is 293 Å². The van der Waals surface area contributed by atoms with Crippen LogP contribution in [0.25, 0.3) is 16.8 Å². The maximum atomic E-state index is 14.1. The summed E-state index contributed by atoms with van der Waals surface area (Å²) in [5.41, 5.74) is -0.0889. The standard InChI is InChI=1S/C30H22ClN7O10S3/c1-38(18-8-3-2-4-9-18)30-34-28(31)33-29(35-30)32-22-15-19(49(40,41)42)13-17-14-23(50(43,44)45)25(26(39)24(17)22)37-36-21-12-11-16-7-5-6-10-20(16)27(21)51(46,47)48/h2-15,36H,1H3,(H,40,41,42)(H,43,44,45)(H,46,47,48)(H,32,33,34,35)/b37-25-. The van der Waals surface area contributed by atoms with Crippen molar-refractivity contribution in [2.45, 2.75) is 9.79 Å². The summed E-state index contributed by atoms with van der Waals surface area (Å²) < 4.78 is 104. The van der Waals surface area contributed by atoms with Gasteiger partial charge in [0.25, 0.3) is 30.4 Å². The number of para-hydroxylation sites is 1. The Morgan fingerprint density at radius 1 is 0.843 bits per heavy atom. The van der Waals surface area contributed by atoms with Gasteiger partial charge in [-0.15, -0.1) is 0 Å². The van der Waals surface area contributed by atoms with Crippen LogP contribution in [0.3, 0.4) is 0 Å². The molecule has 1 aromatic heterocycles. The Bertz CT molecular complexity index is 2750. The first-order valence-corrected chi connectivity index (χ1v) is 18.8. The summed E-state index contributed by atoms with van der Waals surface area (Å²) in [5.74, 6) is -1.14. The van der Waals surface area contributed by atoms with E-state index in [1.807, 2.05) is 0 Å². The van der Waals surface area contributed by atoms with Crippen molar-refractivity contribution in [1.82, 2.24) is 15.0 Å². The molecule has 51 heavy (non-hydrogen) atoms. The van der Waals surface area contributed by atoms with E-state index in [4.69, 9.17) is 11.6 Å². The topological polar surface area (TPSA) is 262 Å². The van der Waals surface area contributed by atoms with Crippen molar-refractivity contribution >= 4 is 93.3 Å². The van der Waals surface area contributed by atoms with Gasteiger partial charge in [-0.2, -0.15) is 40.3 Å². The molecule has 0 saturated heterocycles. The van der Waals surface area contributed by atoms with Gasteiger partial charge < -0.3 is 4.90 Å². The van der Waals surface area contributed by atoms with Crippen LogP contribution in [0, 0.1) is 0 Å². The maximum Gasteiger partial charge on any atom is 0.297 e. The van der Waals surface area contributed by atoms with Crippen LogP contribution in [0.1, 0.15) is 15.9 Å². The molecular weight excluding hydrogens is 750 g/mol. The Kier molecular flexibility index (Phi) is 9.10. The number of H-pyrrole nitrogens is 1. The van der Waals surface area contributed by atoms with E-state index in [1.165, 1.54) is 24.3 Å². The van der Waals surface area contributed by atoms with Crippen LogP contribution in [0.5, 0.6) is 0 Å². The lowest BCUT2D eigenvalue weighted by Crippen LogP contribution is -2.28. The molecule has 0 spiro atoms. The van der Waals surface area contributed by atoms with Gasteiger partial charge in [-0.3, -0.25) is 28.9 Å². The molecule has 0 aliphatic heterocycles. The number of hydrogen-bond donors (Lipinski definition) is 5. The zero-order valence-corrected chi connectivity index (χ0v) is 28.8. The normalized spacial score (nSPS) is 14.8. The predicted octanol–water partition coefficient (Wildman–Crippen LogP) is 4.00. The number of anilines is 3. The summed E-state index contributed by atoms with van der Waals surface area (Å²) in [6, 6.07) is 19.2. The quantitative estimate of drug-likeness (QED) is 0.110. The Morgan fingerprint density at radius 2 is 1.53 bits per heavy atom. The molecule has 1 aliphatic rings. The fourth-order valence-electron chi connectivity index (χ4n) is 5.14. The average Bonchev–Trinajstić information content (AvgIpc) is 3.05. The molecule has 0 radical (unpaired) electrons. The molecular formula is C30H22ClN7O10S3. The van der Waals surface area contributed by atoms with E-state index < -0.39 is 73.4 Å². The van der Waals surface area contributed by atoms with Crippen molar-refractivity contribution in [3.63, 3.8) is 0 Å². The van der Waals surface area contributed by atoms with Gasteiger partial charge in [0.05, 0.1) is 21.8 Å². The minimum absolute atomic E-state index is 0.0620. The van der Waals surface area contributed by atoms with Crippen LogP contribution >= 0.6 is 11.6 Å². The van der Waals surface area contributed by atoms with E-state index >= 15 is 0 Å². The number of hydrazone groups is 1. The van der Waals surface area contributed by atoms with Crippen molar-refractivity contribution in [2.24, 2.45) is 10.1 Å². The average molecular weight is 772 g/mol. The first-order chi connectivity index (χ1) is 23.9. The van der Waals surface area contributed by atoms with E-state index in [1.54, 1.807) is 54.4 Å². The summed E-state index contributed by atoms with van der Waals surface area (Å²) in [7, 11) is -13.6. The van der Waals surface area contributed by atoms with Crippen LogP contribution in [-0.2, 0) is 30.4 Å². The molecule has 21 heteroatoms. The number of rotatable bonds is 8. The van der Waals surface area contributed by atoms with Crippen LogP contribution in [0.2, 0.25) is 5.28 Å². The van der Waals surface area contributed by atoms with Gasteiger partial charge in [-0.05, 0) is 59.0 Å². The molecule has 17 nitrogen and oxygen atoms in total. The number of halogens is 1. The second-order valence-corrected chi connectivity index (χ2v) is 15.2. The number of allylic oxidation sites excluding steroid dienone is 1. The SMILES string of the molecule is CN(c1ccccc1)c1nc(Cl)nc(=Nc2cc(S(=O)(=O)O)cc3c2C(=O)/C(=N\Nc2ccc4ccccc4c2S(=O)(=O)O)C(S(=O)(=O)O)=C3)[nH]1. The Morgan fingerprint density at radius 3 is 2.20 bits per heavy atom. The second-order valence-electron chi connectivity index (χ2n) is 10.7. The molecule has 4 aromatic carbocycles. The number of fused-ring (bicyclic) bond motifs is 2. The number of benzene rings is 4. The highest BCUT2D eigenvalue weighted by molar-refractivity contribution is 7.91. The second kappa shape index (κ2) is 13.1. The monoisotopic (exact) mass is 771 g/mol. The minimum atomic E-state index is -5.29. The van der Waals surface area contributed by atoms with Gasteiger partial charge in [-0.1, -0.05) is 48.5 Å². The van der Waals surface area contributed by atoms with E-state index in [9.17, 15) is 43.7 Å². The lowest BCUT2D eigenvalue weighted by Gasteiger charge is -2.19. The third-order valence-electron chi connectivity index (χ3n) is 7.39. The Balaban J connectivity index is 1.56. The smallest absolute Gasteiger partial charge is 0.297 e. The number of aromatic nitrogens is 3. The van der Waals surface area contributed by atoms with E-state index in [0.29, 0.717) is 17.1 Å². The van der Waals surface area contributed by atoms with Gasteiger partial charge in [0.1, 0.15) is 9.80 Å². The van der Waals surface area contributed by atoms with Crippen molar-refractivity contribution in [2.75, 3.05) is 17.4 Å². The third kappa shape index (κ3) is 7.28. The highest BCUT2D eigenvalue weighted by Gasteiger charge is 2.36. The summed E-state index contributed by atoms with van der Waals surface area (Å²) >= 11 is 6.17. The summed E-state index contributed by atoms with van der Waals surface area (Å²) in [4.78, 5) is 28.2. The number of nitrogens with one attached hydrogen (secondary N) is 2. The summed E-state index contributed by atoms with van der Waals surface area (Å²) in [5, 5.41) is 3.98. The van der Waals surface area contributed by atoms with Crippen molar-refractivity contribution in [3.8, 4) is 0 Å². The number of hydrogen-bond acceptors (Lipinski definition) is 13.